The molecule has 0 spiro atoms. The molecule has 0 heterocycles. The van der Waals surface area contributed by atoms with Crippen molar-refractivity contribution in [3.8, 4) is 5.75 Å². The van der Waals surface area contributed by atoms with E-state index >= 15 is 0 Å². The predicted molar refractivity (Wildman–Crippen MR) is 91.6 cm³/mol. The predicted octanol–water partition coefficient (Wildman–Crippen LogP) is 5.34. The monoisotopic (exact) mass is 384 g/mol. The van der Waals surface area contributed by atoms with Crippen LogP contribution in [0.15, 0.2) is 24.3 Å². The molecule has 0 saturated heterocycles. The van der Waals surface area contributed by atoms with E-state index < -0.39 is 47.2 Å². The highest BCUT2D eigenvalue weighted by atomic mass is 19.2. The number of halogens is 4. The quantitative estimate of drug-likeness (QED) is 0.267. The maximum atomic E-state index is 13.9. The number of benzene rings is 2. The van der Waals surface area contributed by atoms with Gasteiger partial charge < -0.3 is 9.47 Å². The first kappa shape index (κ1) is 20.7. The number of methoxy groups -OCH3 is 1. The molecule has 2 aromatic carbocycles. The Bertz CT molecular complexity index is 775. The van der Waals surface area contributed by atoms with Gasteiger partial charge in [0.05, 0.1) is 18.2 Å². The van der Waals surface area contributed by atoms with Gasteiger partial charge in [-0.1, -0.05) is 31.9 Å². The van der Waals surface area contributed by atoms with Crippen LogP contribution in [0.4, 0.5) is 17.6 Å². The summed E-state index contributed by atoms with van der Waals surface area (Å²) in [6.07, 6.45) is 4.12. The summed E-state index contributed by atoms with van der Waals surface area (Å²) < 4.78 is 64.2. The van der Waals surface area contributed by atoms with Crippen LogP contribution in [-0.2, 0) is 17.8 Å². The van der Waals surface area contributed by atoms with E-state index in [9.17, 15) is 22.4 Å². The zero-order valence-corrected chi connectivity index (χ0v) is 15.1. The van der Waals surface area contributed by atoms with E-state index in [4.69, 9.17) is 4.74 Å². The van der Waals surface area contributed by atoms with E-state index in [1.807, 2.05) is 0 Å². The number of hydrogen-bond donors (Lipinski definition) is 0. The van der Waals surface area contributed by atoms with Crippen molar-refractivity contribution in [1.29, 1.82) is 0 Å². The van der Waals surface area contributed by atoms with E-state index in [-0.39, 0.29) is 5.56 Å². The second-order valence-corrected chi connectivity index (χ2v) is 6.00. The van der Waals surface area contributed by atoms with E-state index in [0.717, 1.165) is 38.4 Å². The molecule has 27 heavy (non-hydrogen) atoms. The number of unbranched alkanes of at least 4 members (excludes halogenated alkanes) is 2. The number of hydrogen-bond acceptors (Lipinski definition) is 3. The van der Waals surface area contributed by atoms with Crippen molar-refractivity contribution in [3.05, 3.63) is 64.2 Å². The summed E-state index contributed by atoms with van der Waals surface area (Å²) in [6.45, 7) is 1.15. The Morgan fingerprint density at radius 2 is 1.52 bits per heavy atom. The highest BCUT2D eigenvalue weighted by Crippen LogP contribution is 2.30. The van der Waals surface area contributed by atoms with Gasteiger partial charge >= 0.3 is 5.97 Å². The standard InChI is InChI=1S/C20H20F4O3/c1-3-4-5-6-12-7-9-13(10-8-12)20(25)27-11-14-15(21)17(23)19(26-2)18(24)16(14)22/h7-10H,3-6,11H2,1-2H3. The first-order valence-corrected chi connectivity index (χ1v) is 8.55. The lowest BCUT2D eigenvalue weighted by molar-refractivity contribution is 0.0462. The molecule has 0 saturated carbocycles. The van der Waals surface area contributed by atoms with Crippen molar-refractivity contribution in [2.24, 2.45) is 0 Å². The third-order valence-corrected chi connectivity index (χ3v) is 4.12. The van der Waals surface area contributed by atoms with E-state index in [0.29, 0.717) is 0 Å². The molecule has 3 nitrogen and oxygen atoms in total. The third-order valence-electron chi connectivity index (χ3n) is 4.12. The molecule has 0 aromatic heterocycles. The van der Waals surface area contributed by atoms with Crippen molar-refractivity contribution in [2.45, 2.75) is 39.2 Å². The van der Waals surface area contributed by atoms with Crippen LogP contribution in [0.5, 0.6) is 5.75 Å². The highest BCUT2D eigenvalue weighted by molar-refractivity contribution is 5.89. The second-order valence-electron chi connectivity index (χ2n) is 6.00. The first-order chi connectivity index (χ1) is 12.9. The van der Waals surface area contributed by atoms with Gasteiger partial charge in [-0.25, -0.2) is 13.6 Å². The molecule has 0 N–H and O–H groups in total. The number of rotatable bonds is 8. The van der Waals surface area contributed by atoms with Gasteiger partial charge in [0, 0.05) is 0 Å². The normalized spacial score (nSPS) is 10.7. The molecule has 0 amide bonds. The van der Waals surface area contributed by atoms with Crippen molar-refractivity contribution in [2.75, 3.05) is 7.11 Å². The molecular weight excluding hydrogens is 364 g/mol. The maximum Gasteiger partial charge on any atom is 0.338 e. The SMILES string of the molecule is CCCCCc1ccc(C(=O)OCc2c(F)c(F)c(OC)c(F)c2F)cc1. The van der Waals surface area contributed by atoms with Gasteiger partial charge in [-0.05, 0) is 30.5 Å². The van der Waals surface area contributed by atoms with Crippen molar-refractivity contribution < 1.29 is 31.8 Å². The largest absolute Gasteiger partial charge is 0.491 e. The van der Waals surface area contributed by atoms with Crippen LogP contribution in [0.25, 0.3) is 0 Å². The topological polar surface area (TPSA) is 35.5 Å². The van der Waals surface area contributed by atoms with Crippen LogP contribution in [0.1, 0.15) is 47.7 Å². The molecule has 2 aromatic rings. The van der Waals surface area contributed by atoms with Gasteiger partial charge in [-0.2, -0.15) is 8.78 Å². The zero-order valence-electron chi connectivity index (χ0n) is 15.1. The third kappa shape index (κ3) is 4.78. The van der Waals surface area contributed by atoms with Crippen LogP contribution in [0, 0.1) is 23.3 Å². The average Bonchev–Trinajstić information content (AvgIpc) is 2.67. The smallest absolute Gasteiger partial charge is 0.338 e. The summed E-state index contributed by atoms with van der Waals surface area (Å²) in [4.78, 5) is 12.0. The molecule has 0 atom stereocenters. The fraction of sp³-hybridized carbons (Fsp3) is 0.350. The van der Waals surface area contributed by atoms with Gasteiger partial charge in [-0.3, -0.25) is 0 Å². The van der Waals surface area contributed by atoms with Crippen LogP contribution >= 0.6 is 0 Å². The molecule has 2 rings (SSSR count). The van der Waals surface area contributed by atoms with E-state index in [1.165, 1.54) is 12.1 Å². The van der Waals surface area contributed by atoms with Crippen molar-refractivity contribution in [3.63, 3.8) is 0 Å². The van der Waals surface area contributed by atoms with Crippen LogP contribution < -0.4 is 4.74 Å². The summed E-state index contributed by atoms with van der Waals surface area (Å²) in [5, 5.41) is 0. The fourth-order valence-corrected chi connectivity index (χ4v) is 2.57. The minimum atomic E-state index is -1.68. The molecule has 0 aliphatic heterocycles. The lowest BCUT2D eigenvalue weighted by Gasteiger charge is -2.11. The van der Waals surface area contributed by atoms with Gasteiger partial charge in [0.25, 0.3) is 0 Å². The molecule has 0 fully saturated rings. The molecule has 0 unspecified atom stereocenters. The summed E-state index contributed by atoms with van der Waals surface area (Å²) >= 11 is 0. The van der Waals surface area contributed by atoms with Crippen LogP contribution in [-0.4, -0.2) is 13.1 Å². The van der Waals surface area contributed by atoms with Gasteiger partial charge in [0.15, 0.2) is 17.4 Å². The molecular formula is C20H20F4O3. The maximum absolute atomic E-state index is 13.9. The number of ether oxygens (including phenoxy) is 2. The van der Waals surface area contributed by atoms with Crippen molar-refractivity contribution in [1.82, 2.24) is 0 Å². The number of carbonyl (C=O) groups is 1. The lowest BCUT2D eigenvalue weighted by Crippen LogP contribution is -2.11. The summed E-state index contributed by atoms with van der Waals surface area (Å²) in [5.74, 6) is -8.71. The van der Waals surface area contributed by atoms with Gasteiger partial charge in [-0.15, -0.1) is 0 Å². The lowest BCUT2D eigenvalue weighted by atomic mass is 10.1. The number of esters is 1. The van der Waals surface area contributed by atoms with Crippen molar-refractivity contribution >= 4 is 5.97 Å². The fourth-order valence-electron chi connectivity index (χ4n) is 2.57. The molecule has 146 valence electrons. The number of carbonyl (C=O) groups excluding carboxylic acids is 1. The van der Waals surface area contributed by atoms with Crippen LogP contribution in [0.3, 0.4) is 0 Å². The van der Waals surface area contributed by atoms with E-state index in [1.54, 1.807) is 12.1 Å². The second kappa shape index (κ2) is 9.39. The Morgan fingerprint density at radius 1 is 0.926 bits per heavy atom. The molecule has 0 radical (unpaired) electrons. The Balaban J connectivity index is 2.07. The molecule has 0 aliphatic rings. The minimum absolute atomic E-state index is 0.171. The zero-order chi connectivity index (χ0) is 20.0. The Morgan fingerprint density at radius 3 is 2.04 bits per heavy atom. The number of aryl methyl sites for hydroxylation is 1. The van der Waals surface area contributed by atoms with Crippen LogP contribution in [0.2, 0.25) is 0 Å². The van der Waals surface area contributed by atoms with Gasteiger partial charge in [0.1, 0.15) is 6.61 Å². The highest BCUT2D eigenvalue weighted by Gasteiger charge is 2.27. The summed E-state index contributed by atoms with van der Waals surface area (Å²) in [6, 6.07) is 6.59. The Labute approximate surface area is 154 Å². The Kier molecular flexibility index (Phi) is 7.21. The molecule has 0 bridgehead atoms. The van der Waals surface area contributed by atoms with Gasteiger partial charge in [0.2, 0.25) is 11.6 Å². The summed E-state index contributed by atoms with van der Waals surface area (Å²) in [5.41, 5.74) is 0.205. The van der Waals surface area contributed by atoms with E-state index in [2.05, 4.69) is 11.7 Å². The first-order valence-electron chi connectivity index (χ1n) is 8.55. The Hall–Kier alpha value is -2.57. The minimum Gasteiger partial charge on any atom is -0.491 e. The molecule has 7 heteroatoms. The average molecular weight is 384 g/mol. The summed E-state index contributed by atoms with van der Waals surface area (Å²) in [7, 11) is 0.881. The molecule has 0 aliphatic carbocycles.